The highest BCUT2D eigenvalue weighted by Crippen LogP contribution is 2.40. The van der Waals surface area contributed by atoms with E-state index in [1.165, 1.54) is 11.1 Å². The molecule has 5 nitrogen and oxygen atoms in total. The number of ketones is 1. The second kappa shape index (κ2) is 12.0. The Kier molecular flexibility index (Phi) is 9.04. The maximum absolute atomic E-state index is 13.3. The molecule has 1 heterocycles. The molecule has 37 heavy (non-hydrogen) atoms. The third-order valence-corrected chi connectivity index (χ3v) is 6.07. The summed E-state index contributed by atoms with van der Waals surface area (Å²) < 4.78 is 17.4. The Morgan fingerprint density at radius 1 is 0.946 bits per heavy atom. The lowest BCUT2D eigenvalue weighted by molar-refractivity contribution is 0.103. The van der Waals surface area contributed by atoms with E-state index in [9.17, 15) is 4.79 Å². The van der Waals surface area contributed by atoms with Gasteiger partial charge in [0, 0.05) is 13.1 Å². The fourth-order valence-corrected chi connectivity index (χ4v) is 3.98. The van der Waals surface area contributed by atoms with Crippen LogP contribution in [-0.4, -0.2) is 38.7 Å². The van der Waals surface area contributed by atoms with Crippen molar-refractivity contribution in [2.75, 3.05) is 32.2 Å². The second-order valence-corrected chi connectivity index (χ2v) is 10.2. The Morgan fingerprint density at radius 3 is 2.16 bits per heavy atom. The van der Waals surface area contributed by atoms with Crippen molar-refractivity contribution in [3.8, 4) is 17.2 Å². The molecule has 1 aliphatic rings. The van der Waals surface area contributed by atoms with Crippen LogP contribution in [-0.2, 0) is 0 Å². The molecular formula is C32H39NO4. The number of fused-ring (bicyclic) bond motifs is 1. The summed E-state index contributed by atoms with van der Waals surface area (Å²) in [5, 5.41) is 0. The van der Waals surface area contributed by atoms with Crippen LogP contribution in [0.5, 0.6) is 17.2 Å². The fourth-order valence-electron chi connectivity index (χ4n) is 3.98. The molecule has 0 saturated heterocycles. The smallest absolute Gasteiger partial charge is 0.189 e. The van der Waals surface area contributed by atoms with Gasteiger partial charge in [-0.1, -0.05) is 35.4 Å². The van der Waals surface area contributed by atoms with Gasteiger partial charge in [0.2, 0.25) is 0 Å². The van der Waals surface area contributed by atoms with Crippen molar-refractivity contribution in [2.45, 2.75) is 47.1 Å². The van der Waals surface area contributed by atoms with E-state index < -0.39 is 5.60 Å². The van der Waals surface area contributed by atoms with Crippen molar-refractivity contribution in [1.82, 2.24) is 0 Å². The highest BCUT2D eigenvalue weighted by atomic mass is 16.5. The van der Waals surface area contributed by atoms with Gasteiger partial charge in [-0.15, -0.1) is 0 Å². The molecule has 0 spiro atoms. The molecule has 0 bridgehead atoms. The highest BCUT2D eigenvalue weighted by molar-refractivity contribution is 6.09. The van der Waals surface area contributed by atoms with E-state index in [4.69, 9.17) is 14.2 Å². The van der Waals surface area contributed by atoms with Crippen molar-refractivity contribution >= 4 is 23.6 Å². The van der Waals surface area contributed by atoms with Crippen molar-refractivity contribution in [3.63, 3.8) is 0 Å². The SMILES string of the molecule is COc1ccc(/C=C/C(=O)c2ccc(OC)c3c2OC(C)(C)C=C3)cc1N(CC=C(C)C)CC=C(C)C. The standard InChI is InChI=1S/C32H39NO4/c1-22(2)16-19-33(20-17-23(3)4)27-21-24(10-13-30(27)36-8)9-12-28(34)25-11-14-29(35-7)26-15-18-32(5,6)37-31(25)26/h9-18,21H,19-20H2,1-8H3/b12-9+. The minimum atomic E-state index is -0.511. The van der Waals surface area contributed by atoms with Crippen LogP contribution in [0.3, 0.4) is 0 Å². The van der Waals surface area contributed by atoms with E-state index in [2.05, 4.69) is 50.8 Å². The van der Waals surface area contributed by atoms with Crippen LogP contribution in [0.2, 0.25) is 0 Å². The molecule has 0 atom stereocenters. The van der Waals surface area contributed by atoms with Crippen LogP contribution in [0, 0.1) is 0 Å². The van der Waals surface area contributed by atoms with Crippen LogP contribution in [0.1, 0.15) is 63.0 Å². The van der Waals surface area contributed by atoms with E-state index in [0.29, 0.717) is 17.1 Å². The summed E-state index contributed by atoms with van der Waals surface area (Å²) in [7, 11) is 3.30. The summed E-state index contributed by atoms with van der Waals surface area (Å²) >= 11 is 0. The molecule has 0 aliphatic carbocycles. The number of rotatable bonds is 10. The zero-order valence-corrected chi connectivity index (χ0v) is 23.3. The Hall–Kier alpha value is -3.73. The average molecular weight is 502 g/mol. The fraction of sp³-hybridized carbons (Fsp3) is 0.344. The Balaban J connectivity index is 1.95. The van der Waals surface area contributed by atoms with Gasteiger partial charge in [0.05, 0.1) is 31.0 Å². The molecule has 196 valence electrons. The number of anilines is 1. The molecule has 0 fully saturated rings. The molecular weight excluding hydrogens is 462 g/mol. The monoisotopic (exact) mass is 501 g/mol. The first kappa shape index (κ1) is 27.9. The minimum Gasteiger partial charge on any atom is -0.496 e. The third-order valence-electron chi connectivity index (χ3n) is 6.07. The van der Waals surface area contributed by atoms with E-state index in [-0.39, 0.29) is 5.78 Å². The van der Waals surface area contributed by atoms with Gasteiger partial charge in [0.25, 0.3) is 0 Å². The van der Waals surface area contributed by atoms with Gasteiger partial charge in [-0.3, -0.25) is 4.79 Å². The number of allylic oxidation sites excluding steroid dienone is 3. The van der Waals surface area contributed by atoms with Crippen molar-refractivity contribution < 1.29 is 19.0 Å². The van der Waals surface area contributed by atoms with Crippen molar-refractivity contribution in [2.24, 2.45) is 0 Å². The Morgan fingerprint density at radius 2 is 1.57 bits per heavy atom. The van der Waals surface area contributed by atoms with Gasteiger partial charge >= 0.3 is 0 Å². The summed E-state index contributed by atoms with van der Waals surface area (Å²) in [6.45, 7) is 13.8. The molecule has 0 amide bonds. The summed E-state index contributed by atoms with van der Waals surface area (Å²) in [6.07, 6.45) is 11.8. The largest absolute Gasteiger partial charge is 0.496 e. The van der Waals surface area contributed by atoms with Crippen LogP contribution in [0.25, 0.3) is 12.2 Å². The van der Waals surface area contributed by atoms with Crippen molar-refractivity contribution in [3.05, 3.63) is 82.5 Å². The molecule has 5 heteroatoms. The lowest BCUT2D eigenvalue weighted by Gasteiger charge is -2.29. The highest BCUT2D eigenvalue weighted by Gasteiger charge is 2.27. The first-order valence-corrected chi connectivity index (χ1v) is 12.6. The predicted molar refractivity (Wildman–Crippen MR) is 154 cm³/mol. The second-order valence-electron chi connectivity index (χ2n) is 10.2. The molecule has 2 aromatic rings. The number of carbonyl (C=O) groups is 1. The van der Waals surface area contributed by atoms with Crippen LogP contribution in [0.15, 0.2) is 65.8 Å². The van der Waals surface area contributed by atoms with Gasteiger partial charge in [-0.2, -0.15) is 0 Å². The van der Waals surface area contributed by atoms with Gasteiger partial charge in [-0.05, 0) is 89.6 Å². The molecule has 0 saturated carbocycles. The van der Waals surface area contributed by atoms with Crippen LogP contribution < -0.4 is 19.1 Å². The lowest BCUT2D eigenvalue weighted by Crippen LogP contribution is -2.28. The van der Waals surface area contributed by atoms with Gasteiger partial charge in [-0.25, -0.2) is 0 Å². The zero-order valence-electron chi connectivity index (χ0n) is 23.3. The number of nitrogens with zero attached hydrogens (tertiary/aromatic N) is 1. The number of carbonyl (C=O) groups excluding carboxylic acids is 1. The summed E-state index contributed by atoms with van der Waals surface area (Å²) in [6, 6.07) is 9.54. The van der Waals surface area contributed by atoms with E-state index >= 15 is 0 Å². The maximum Gasteiger partial charge on any atom is 0.189 e. The average Bonchev–Trinajstić information content (AvgIpc) is 2.85. The predicted octanol–water partition coefficient (Wildman–Crippen LogP) is 7.52. The van der Waals surface area contributed by atoms with E-state index in [0.717, 1.165) is 35.7 Å². The molecule has 2 aromatic carbocycles. The molecule has 1 aliphatic heterocycles. The maximum atomic E-state index is 13.3. The zero-order chi connectivity index (χ0) is 27.2. The van der Waals surface area contributed by atoms with Gasteiger partial charge < -0.3 is 19.1 Å². The van der Waals surface area contributed by atoms with E-state index in [1.807, 2.05) is 50.3 Å². The van der Waals surface area contributed by atoms with E-state index in [1.54, 1.807) is 26.4 Å². The number of hydrogen-bond acceptors (Lipinski definition) is 5. The lowest BCUT2D eigenvalue weighted by atomic mass is 9.97. The Labute approximate surface area is 221 Å². The summed E-state index contributed by atoms with van der Waals surface area (Å²) in [5.41, 5.74) is 5.17. The topological polar surface area (TPSA) is 48.0 Å². The minimum absolute atomic E-state index is 0.131. The first-order valence-electron chi connectivity index (χ1n) is 12.6. The summed E-state index contributed by atoms with van der Waals surface area (Å²) in [4.78, 5) is 15.6. The van der Waals surface area contributed by atoms with Gasteiger partial charge in [0.15, 0.2) is 5.78 Å². The Bertz CT molecular complexity index is 1240. The number of hydrogen-bond donors (Lipinski definition) is 0. The third kappa shape index (κ3) is 7.16. The van der Waals surface area contributed by atoms with Crippen molar-refractivity contribution in [1.29, 1.82) is 0 Å². The number of benzene rings is 2. The normalized spacial score (nSPS) is 13.4. The first-order chi connectivity index (χ1) is 17.5. The molecule has 0 unspecified atom stereocenters. The quantitative estimate of drug-likeness (QED) is 0.191. The van der Waals surface area contributed by atoms with Crippen LogP contribution >= 0.6 is 0 Å². The summed E-state index contributed by atoms with van der Waals surface area (Å²) in [5.74, 6) is 1.88. The van der Waals surface area contributed by atoms with Crippen LogP contribution in [0.4, 0.5) is 5.69 Å². The number of methoxy groups -OCH3 is 2. The molecule has 0 radical (unpaired) electrons. The van der Waals surface area contributed by atoms with Gasteiger partial charge in [0.1, 0.15) is 22.8 Å². The molecule has 3 rings (SSSR count). The molecule has 0 aromatic heterocycles. The number of ether oxygens (including phenoxy) is 3. The molecule has 0 N–H and O–H groups in total.